The van der Waals surface area contributed by atoms with Crippen molar-refractivity contribution < 1.29 is 9.50 Å². The minimum Gasteiger partial charge on any atom is -0.396 e. The van der Waals surface area contributed by atoms with Gasteiger partial charge in [0.15, 0.2) is 0 Å². The quantitative estimate of drug-likeness (QED) is 0.468. The Hall–Kier alpha value is -0.970. The van der Waals surface area contributed by atoms with Crippen molar-refractivity contribution in [3.8, 4) is 0 Å². The zero-order valence-corrected chi connectivity index (χ0v) is 7.20. The minimum atomic E-state index is -0.309. The topological polar surface area (TPSA) is 58.3 Å². The highest BCUT2D eigenvalue weighted by atomic mass is 19.1. The lowest BCUT2D eigenvalue weighted by Gasteiger charge is -2.14. The van der Waals surface area contributed by atoms with Crippen molar-refractivity contribution in [2.24, 2.45) is 5.84 Å². The average Bonchev–Trinajstić information content (AvgIpc) is 2.16. The number of benzene rings is 1. The van der Waals surface area contributed by atoms with E-state index in [0.717, 1.165) is 0 Å². The standard InChI is InChI=1S/C9H13FN2O/c10-9-4-2-1-3-8(9)7(6-13)5-12-11/h1-4,7,12-13H,5-6,11H2. The molecule has 4 N–H and O–H groups in total. The van der Waals surface area contributed by atoms with Crippen LogP contribution in [-0.2, 0) is 0 Å². The number of nitrogens with one attached hydrogen (secondary N) is 1. The van der Waals surface area contributed by atoms with E-state index in [-0.39, 0.29) is 18.3 Å². The Kier molecular flexibility index (Phi) is 3.82. The van der Waals surface area contributed by atoms with Crippen molar-refractivity contribution in [1.29, 1.82) is 0 Å². The first kappa shape index (κ1) is 10.1. The molecule has 0 aromatic heterocycles. The van der Waals surface area contributed by atoms with Gasteiger partial charge in [0, 0.05) is 12.5 Å². The summed E-state index contributed by atoms with van der Waals surface area (Å²) in [6.07, 6.45) is 0. The molecule has 1 aromatic carbocycles. The molecule has 0 aliphatic heterocycles. The van der Waals surface area contributed by atoms with E-state index in [1.807, 2.05) is 0 Å². The number of rotatable bonds is 4. The van der Waals surface area contributed by atoms with Gasteiger partial charge >= 0.3 is 0 Å². The average molecular weight is 184 g/mol. The minimum absolute atomic E-state index is 0.120. The molecule has 0 spiro atoms. The van der Waals surface area contributed by atoms with E-state index >= 15 is 0 Å². The largest absolute Gasteiger partial charge is 0.396 e. The molecule has 0 heterocycles. The van der Waals surface area contributed by atoms with E-state index < -0.39 is 0 Å². The summed E-state index contributed by atoms with van der Waals surface area (Å²) in [5, 5.41) is 8.97. The number of nitrogens with two attached hydrogens (primary N) is 1. The number of halogens is 1. The molecular formula is C9H13FN2O. The van der Waals surface area contributed by atoms with E-state index in [1.165, 1.54) is 6.07 Å². The highest BCUT2D eigenvalue weighted by molar-refractivity contribution is 5.22. The maximum absolute atomic E-state index is 13.2. The van der Waals surface area contributed by atoms with Crippen LogP contribution in [0.4, 0.5) is 4.39 Å². The van der Waals surface area contributed by atoms with E-state index in [1.54, 1.807) is 18.2 Å². The predicted molar refractivity (Wildman–Crippen MR) is 48.4 cm³/mol. The maximum Gasteiger partial charge on any atom is 0.126 e. The van der Waals surface area contributed by atoms with Crippen LogP contribution in [0.25, 0.3) is 0 Å². The van der Waals surface area contributed by atoms with Gasteiger partial charge in [-0.2, -0.15) is 0 Å². The second-order valence-electron chi connectivity index (χ2n) is 2.81. The lowest BCUT2D eigenvalue weighted by atomic mass is 10.00. The summed E-state index contributed by atoms with van der Waals surface area (Å²) in [5.74, 6) is 4.51. The molecule has 1 aromatic rings. The van der Waals surface area contributed by atoms with Gasteiger partial charge in [-0.25, -0.2) is 4.39 Å². The normalized spacial score (nSPS) is 12.8. The van der Waals surface area contributed by atoms with Gasteiger partial charge in [0.2, 0.25) is 0 Å². The number of aliphatic hydroxyl groups excluding tert-OH is 1. The van der Waals surface area contributed by atoms with Crippen molar-refractivity contribution in [2.75, 3.05) is 13.2 Å². The van der Waals surface area contributed by atoms with Crippen molar-refractivity contribution >= 4 is 0 Å². The van der Waals surface area contributed by atoms with Gasteiger partial charge in [0.05, 0.1) is 6.61 Å². The number of hydrogen-bond acceptors (Lipinski definition) is 3. The van der Waals surface area contributed by atoms with E-state index in [4.69, 9.17) is 10.9 Å². The van der Waals surface area contributed by atoms with Crippen LogP contribution in [0.5, 0.6) is 0 Å². The zero-order valence-electron chi connectivity index (χ0n) is 7.20. The van der Waals surface area contributed by atoms with Crippen LogP contribution in [0.2, 0.25) is 0 Å². The first-order chi connectivity index (χ1) is 6.29. The Bertz CT molecular complexity index is 268. The maximum atomic E-state index is 13.2. The summed E-state index contributed by atoms with van der Waals surface area (Å²) in [7, 11) is 0. The van der Waals surface area contributed by atoms with Gasteiger partial charge in [-0.15, -0.1) is 0 Å². The molecule has 3 nitrogen and oxygen atoms in total. The Morgan fingerprint density at radius 2 is 2.15 bits per heavy atom. The van der Waals surface area contributed by atoms with Crippen LogP contribution in [0.15, 0.2) is 24.3 Å². The molecule has 0 saturated carbocycles. The second-order valence-corrected chi connectivity index (χ2v) is 2.81. The first-order valence-electron chi connectivity index (χ1n) is 4.08. The van der Waals surface area contributed by atoms with E-state index in [9.17, 15) is 4.39 Å². The molecular weight excluding hydrogens is 171 g/mol. The summed E-state index contributed by atoms with van der Waals surface area (Å²) in [6.45, 7) is 0.239. The Morgan fingerprint density at radius 1 is 1.46 bits per heavy atom. The Morgan fingerprint density at radius 3 is 2.69 bits per heavy atom. The zero-order chi connectivity index (χ0) is 9.68. The van der Waals surface area contributed by atoms with E-state index in [2.05, 4.69) is 5.43 Å². The second kappa shape index (κ2) is 4.91. The van der Waals surface area contributed by atoms with Gasteiger partial charge in [-0.05, 0) is 11.6 Å². The summed E-state index contributed by atoms with van der Waals surface area (Å²) in [5.41, 5.74) is 2.91. The molecule has 0 radical (unpaired) electrons. The van der Waals surface area contributed by atoms with Crippen molar-refractivity contribution in [3.63, 3.8) is 0 Å². The molecule has 0 aliphatic rings. The van der Waals surface area contributed by atoms with Gasteiger partial charge < -0.3 is 5.11 Å². The lowest BCUT2D eigenvalue weighted by molar-refractivity contribution is 0.259. The van der Waals surface area contributed by atoms with Gasteiger partial charge in [-0.3, -0.25) is 11.3 Å². The third kappa shape index (κ3) is 2.48. The van der Waals surface area contributed by atoms with Crippen LogP contribution in [0.3, 0.4) is 0 Å². The SMILES string of the molecule is NNCC(CO)c1ccccc1F. The van der Waals surface area contributed by atoms with Crippen molar-refractivity contribution in [1.82, 2.24) is 5.43 Å². The lowest BCUT2D eigenvalue weighted by Crippen LogP contribution is -2.29. The van der Waals surface area contributed by atoms with E-state index in [0.29, 0.717) is 12.1 Å². The van der Waals surface area contributed by atoms with Crippen LogP contribution >= 0.6 is 0 Å². The summed E-state index contributed by atoms with van der Waals surface area (Å²) in [6, 6.07) is 6.36. The molecule has 1 rings (SSSR count). The fraction of sp³-hybridized carbons (Fsp3) is 0.333. The van der Waals surface area contributed by atoms with Gasteiger partial charge in [-0.1, -0.05) is 18.2 Å². The highest BCUT2D eigenvalue weighted by Gasteiger charge is 2.12. The molecule has 1 atom stereocenters. The predicted octanol–water partition coefficient (Wildman–Crippen LogP) is 0.365. The molecule has 0 fully saturated rings. The van der Waals surface area contributed by atoms with Crippen LogP contribution in [0.1, 0.15) is 11.5 Å². The fourth-order valence-corrected chi connectivity index (χ4v) is 1.22. The molecule has 72 valence electrons. The smallest absolute Gasteiger partial charge is 0.126 e. The molecule has 0 saturated heterocycles. The molecule has 0 amide bonds. The highest BCUT2D eigenvalue weighted by Crippen LogP contribution is 2.17. The number of aliphatic hydroxyl groups is 1. The monoisotopic (exact) mass is 184 g/mol. The molecule has 4 heteroatoms. The molecule has 1 unspecified atom stereocenters. The van der Waals surface area contributed by atoms with Crippen molar-refractivity contribution in [2.45, 2.75) is 5.92 Å². The van der Waals surface area contributed by atoms with Gasteiger partial charge in [0.25, 0.3) is 0 Å². The number of hydrazine groups is 1. The third-order valence-electron chi connectivity index (χ3n) is 1.93. The van der Waals surface area contributed by atoms with Crippen molar-refractivity contribution in [3.05, 3.63) is 35.6 Å². The summed E-state index contributed by atoms with van der Waals surface area (Å²) < 4.78 is 13.2. The molecule has 0 bridgehead atoms. The molecule has 13 heavy (non-hydrogen) atoms. The summed E-state index contributed by atoms with van der Waals surface area (Å²) >= 11 is 0. The summed E-state index contributed by atoms with van der Waals surface area (Å²) in [4.78, 5) is 0. The fourth-order valence-electron chi connectivity index (χ4n) is 1.22. The molecule has 0 aliphatic carbocycles. The Labute approximate surface area is 76.3 Å². The first-order valence-corrected chi connectivity index (χ1v) is 4.08. The number of hydrogen-bond donors (Lipinski definition) is 3. The van der Waals surface area contributed by atoms with Crippen LogP contribution in [0, 0.1) is 5.82 Å². The third-order valence-corrected chi connectivity index (χ3v) is 1.93. The van der Waals surface area contributed by atoms with Crippen LogP contribution < -0.4 is 11.3 Å². The Balaban J connectivity index is 2.84. The van der Waals surface area contributed by atoms with Gasteiger partial charge in [0.1, 0.15) is 5.82 Å². The van der Waals surface area contributed by atoms with Crippen LogP contribution in [-0.4, -0.2) is 18.3 Å².